The highest BCUT2D eigenvalue weighted by molar-refractivity contribution is 5.71. The standard InChI is InChI=1S/C12H15N5O2/c1-8-10(9(2)17(19)12(13)18)7-15-16(8)11-5-3-4-6-14-11/h3-7,9,19H,1-2H3,(H2,13,18). The molecule has 2 heterocycles. The number of hydrogen-bond acceptors (Lipinski definition) is 4. The van der Waals surface area contributed by atoms with Crippen molar-refractivity contribution < 1.29 is 10.0 Å². The molecule has 2 amide bonds. The Labute approximate surface area is 110 Å². The molecule has 2 aromatic rings. The van der Waals surface area contributed by atoms with Gasteiger partial charge in [-0.3, -0.25) is 5.21 Å². The lowest BCUT2D eigenvalue weighted by Crippen LogP contribution is -2.35. The lowest BCUT2D eigenvalue weighted by Gasteiger charge is -2.20. The number of hydrogen-bond donors (Lipinski definition) is 2. The minimum Gasteiger partial charge on any atom is -0.350 e. The Balaban J connectivity index is 2.36. The number of nitrogens with two attached hydrogens (primary N) is 1. The zero-order chi connectivity index (χ0) is 14.0. The summed E-state index contributed by atoms with van der Waals surface area (Å²) in [5.41, 5.74) is 6.52. The normalized spacial score (nSPS) is 12.2. The minimum absolute atomic E-state index is 0.479. The first-order valence-corrected chi connectivity index (χ1v) is 5.76. The summed E-state index contributed by atoms with van der Waals surface area (Å²) in [5.74, 6) is 0.669. The molecule has 0 saturated heterocycles. The number of aromatic nitrogens is 3. The van der Waals surface area contributed by atoms with Gasteiger partial charge >= 0.3 is 6.03 Å². The van der Waals surface area contributed by atoms with Crippen LogP contribution in [0.25, 0.3) is 5.82 Å². The number of hydroxylamine groups is 2. The largest absolute Gasteiger partial charge is 0.350 e. The van der Waals surface area contributed by atoms with Crippen molar-refractivity contribution in [2.24, 2.45) is 5.73 Å². The number of amides is 2. The van der Waals surface area contributed by atoms with Crippen LogP contribution in [0.5, 0.6) is 0 Å². The van der Waals surface area contributed by atoms with Gasteiger partial charge in [0.1, 0.15) is 0 Å². The van der Waals surface area contributed by atoms with Crippen LogP contribution in [0.3, 0.4) is 0 Å². The lowest BCUT2D eigenvalue weighted by molar-refractivity contribution is -0.0711. The van der Waals surface area contributed by atoms with Crippen LogP contribution in [0, 0.1) is 6.92 Å². The molecule has 0 aliphatic heterocycles. The van der Waals surface area contributed by atoms with Gasteiger partial charge in [0.2, 0.25) is 0 Å². The molecule has 1 unspecified atom stereocenters. The van der Waals surface area contributed by atoms with Gasteiger partial charge in [-0.15, -0.1) is 0 Å². The number of carbonyl (C=O) groups is 1. The summed E-state index contributed by atoms with van der Waals surface area (Å²) in [4.78, 5) is 15.2. The maximum Gasteiger partial charge on any atom is 0.339 e. The molecule has 0 aliphatic carbocycles. The summed E-state index contributed by atoms with van der Waals surface area (Å²) < 4.78 is 1.64. The van der Waals surface area contributed by atoms with Gasteiger partial charge in [-0.05, 0) is 26.0 Å². The Morgan fingerprint density at radius 1 is 1.53 bits per heavy atom. The van der Waals surface area contributed by atoms with Crippen LogP contribution in [0.2, 0.25) is 0 Å². The van der Waals surface area contributed by atoms with Crippen molar-refractivity contribution in [3.8, 4) is 5.82 Å². The van der Waals surface area contributed by atoms with E-state index in [2.05, 4.69) is 10.1 Å². The summed E-state index contributed by atoms with van der Waals surface area (Å²) in [5, 5.41) is 14.3. The molecule has 0 bridgehead atoms. The fourth-order valence-electron chi connectivity index (χ4n) is 1.87. The minimum atomic E-state index is -0.905. The van der Waals surface area contributed by atoms with Gasteiger partial charge in [-0.25, -0.2) is 14.5 Å². The van der Waals surface area contributed by atoms with Gasteiger partial charge in [0.05, 0.1) is 12.2 Å². The molecule has 7 nitrogen and oxygen atoms in total. The predicted molar refractivity (Wildman–Crippen MR) is 67.7 cm³/mol. The van der Waals surface area contributed by atoms with Crippen molar-refractivity contribution in [2.45, 2.75) is 19.9 Å². The van der Waals surface area contributed by atoms with Crippen molar-refractivity contribution in [1.82, 2.24) is 19.8 Å². The van der Waals surface area contributed by atoms with E-state index in [1.54, 1.807) is 24.0 Å². The van der Waals surface area contributed by atoms with Crippen LogP contribution >= 0.6 is 0 Å². The number of rotatable bonds is 3. The Morgan fingerprint density at radius 3 is 2.84 bits per heavy atom. The molecule has 0 aromatic carbocycles. The molecular weight excluding hydrogens is 246 g/mol. The number of nitrogens with zero attached hydrogens (tertiary/aromatic N) is 4. The third-order valence-electron chi connectivity index (χ3n) is 2.96. The molecule has 0 radical (unpaired) electrons. The third-order valence-corrected chi connectivity index (χ3v) is 2.96. The van der Waals surface area contributed by atoms with Crippen LogP contribution in [0.15, 0.2) is 30.6 Å². The molecule has 19 heavy (non-hydrogen) atoms. The van der Waals surface area contributed by atoms with E-state index in [0.717, 1.165) is 5.69 Å². The molecule has 0 spiro atoms. The zero-order valence-electron chi connectivity index (χ0n) is 10.7. The molecule has 0 fully saturated rings. The molecule has 100 valence electrons. The SMILES string of the molecule is Cc1c(C(C)N(O)C(N)=O)cnn1-c1ccccn1. The van der Waals surface area contributed by atoms with E-state index in [1.165, 1.54) is 0 Å². The predicted octanol–water partition coefficient (Wildman–Crippen LogP) is 1.41. The topological polar surface area (TPSA) is 97.3 Å². The second-order valence-corrected chi connectivity index (χ2v) is 4.14. The highest BCUT2D eigenvalue weighted by atomic mass is 16.5. The van der Waals surface area contributed by atoms with Gasteiger partial charge in [-0.1, -0.05) is 6.07 Å². The second-order valence-electron chi connectivity index (χ2n) is 4.14. The average Bonchev–Trinajstić information content (AvgIpc) is 2.79. The summed E-state index contributed by atoms with van der Waals surface area (Å²) >= 11 is 0. The van der Waals surface area contributed by atoms with Gasteiger partial charge in [0, 0.05) is 17.5 Å². The van der Waals surface area contributed by atoms with Crippen molar-refractivity contribution in [3.05, 3.63) is 41.9 Å². The summed E-state index contributed by atoms with van der Waals surface area (Å²) in [6.45, 7) is 3.50. The number of pyridine rings is 1. The van der Waals surface area contributed by atoms with Crippen molar-refractivity contribution in [1.29, 1.82) is 0 Å². The first kappa shape index (κ1) is 13.0. The Hall–Kier alpha value is -2.41. The average molecular weight is 261 g/mol. The van der Waals surface area contributed by atoms with E-state index >= 15 is 0 Å². The molecular formula is C12H15N5O2. The summed E-state index contributed by atoms with van der Waals surface area (Å²) in [6.07, 6.45) is 3.25. The molecule has 2 aromatic heterocycles. The first-order valence-electron chi connectivity index (χ1n) is 5.76. The Morgan fingerprint density at radius 2 is 2.26 bits per heavy atom. The fraction of sp³-hybridized carbons (Fsp3) is 0.250. The van der Waals surface area contributed by atoms with Gasteiger partial charge in [0.25, 0.3) is 0 Å². The maximum atomic E-state index is 11.0. The van der Waals surface area contributed by atoms with Crippen LogP contribution in [0.1, 0.15) is 24.2 Å². The van der Waals surface area contributed by atoms with Crippen molar-refractivity contribution >= 4 is 6.03 Å². The van der Waals surface area contributed by atoms with Crippen molar-refractivity contribution in [3.63, 3.8) is 0 Å². The van der Waals surface area contributed by atoms with E-state index in [-0.39, 0.29) is 0 Å². The summed E-state index contributed by atoms with van der Waals surface area (Å²) in [6, 6.07) is 4.01. The number of primary amides is 1. The maximum absolute atomic E-state index is 11.0. The number of urea groups is 1. The Bertz CT molecular complexity index is 581. The van der Waals surface area contributed by atoms with E-state index in [1.807, 2.05) is 25.1 Å². The van der Waals surface area contributed by atoms with Crippen LogP contribution < -0.4 is 5.73 Å². The Kier molecular flexibility index (Phi) is 3.48. The van der Waals surface area contributed by atoms with Crippen LogP contribution in [0.4, 0.5) is 4.79 Å². The molecule has 7 heteroatoms. The first-order chi connectivity index (χ1) is 9.02. The van der Waals surface area contributed by atoms with Crippen molar-refractivity contribution in [2.75, 3.05) is 0 Å². The van der Waals surface area contributed by atoms with E-state index in [4.69, 9.17) is 5.73 Å². The molecule has 3 N–H and O–H groups in total. The van der Waals surface area contributed by atoms with Gasteiger partial charge in [-0.2, -0.15) is 10.2 Å². The highest BCUT2D eigenvalue weighted by Crippen LogP contribution is 2.23. The second kappa shape index (κ2) is 5.07. The molecule has 0 saturated carbocycles. The lowest BCUT2D eigenvalue weighted by atomic mass is 10.1. The third kappa shape index (κ3) is 2.41. The fourth-order valence-corrected chi connectivity index (χ4v) is 1.87. The quantitative estimate of drug-likeness (QED) is 0.644. The van der Waals surface area contributed by atoms with Crippen LogP contribution in [-0.2, 0) is 0 Å². The highest BCUT2D eigenvalue weighted by Gasteiger charge is 2.22. The monoisotopic (exact) mass is 261 g/mol. The number of carbonyl (C=O) groups excluding carboxylic acids is 1. The van der Waals surface area contributed by atoms with E-state index in [0.29, 0.717) is 16.4 Å². The molecule has 2 rings (SSSR count). The van der Waals surface area contributed by atoms with Gasteiger partial charge < -0.3 is 5.73 Å². The van der Waals surface area contributed by atoms with E-state index < -0.39 is 12.1 Å². The molecule has 0 aliphatic rings. The van der Waals surface area contributed by atoms with Crippen LogP contribution in [-0.4, -0.2) is 31.1 Å². The van der Waals surface area contributed by atoms with E-state index in [9.17, 15) is 10.0 Å². The smallest absolute Gasteiger partial charge is 0.339 e. The zero-order valence-corrected chi connectivity index (χ0v) is 10.7. The molecule has 1 atom stereocenters. The van der Waals surface area contributed by atoms with Gasteiger partial charge in [0.15, 0.2) is 5.82 Å². The summed E-state index contributed by atoms with van der Waals surface area (Å²) in [7, 11) is 0.